The van der Waals surface area contributed by atoms with Crippen LogP contribution in [0.2, 0.25) is 5.02 Å². The molecule has 2 heterocycles. The fourth-order valence-electron chi connectivity index (χ4n) is 3.09. The van der Waals surface area contributed by atoms with Crippen LogP contribution < -0.4 is 16.2 Å². The molecule has 0 bridgehead atoms. The Morgan fingerprint density at radius 1 is 1.03 bits per heavy atom. The van der Waals surface area contributed by atoms with Crippen molar-refractivity contribution in [1.82, 2.24) is 19.6 Å². The lowest BCUT2D eigenvalue weighted by Crippen LogP contribution is -2.17. The summed E-state index contributed by atoms with van der Waals surface area (Å²) in [6.07, 6.45) is 0. The van der Waals surface area contributed by atoms with Gasteiger partial charge < -0.3 is 10.6 Å². The summed E-state index contributed by atoms with van der Waals surface area (Å²) < 4.78 is 1.32. The number of benzene rings is 2. The van der Waals surface area contributed by atoms with Gasteiger partial charge in [-0.2, -0.15) is 9.50 Å². The largest absolute Gasteiger partial charge is 0.378 e. The summed E-state index contributed by atoms with van der Waals surface area (Å²) in [4.78, 5) is 21.3. The molecule has 30 heavy (non-hydrogen) atoms. The van der Waals surface area contributed by atoms with E-state index in [0.29, 0.717) is 41.4 Å². The van der Waals surface area contributed by atoms with Crippen LogP contribution in [0.5, 0.6) is 0 Å². The number of hydrogen-bond acceptors (Lipinski definition) is 5. The summed E-state index contributed by atoms with van der Waals surface area (Å²) in [5.41, 5.74) is 3.58. The predicted molar refractivity (Wildman–Crippen MR) is 120 cm³/mol. The molecular formula is C22H23ClN6O. The molecule has 0 aliphatic carbocycles. The fourth-order valence-corrected chi connectivity index (χ4v) is 3.30. The SMILES string of the molecule is CC(C)c1ccc(CNc2nc3nc(CNc4ccccc4Cl)cc(=O)n3[nH]2)cc1. The van der Waals surface area contributed by atoms with Crippen LogP contribution >= 0.6 is 11.6 Å². The highest BCUT2D eigenvalue weighted by Crippen LogP contribution is 2.21. The van der Waals surface area contributed by atoms with E-state index in [1.165, 1.54) is 16.1 Å². The molecule has 2 aromatic carbocycles. The normalized spacial score (nSPS) is 11.2. The summed E-state index contributed by atoms with van der Waals surface area (Å²) in [7, 11) is 0. The summed E-state index contributed by atoms with van der Waals surface area (Å²) in [6.45, 7) is 5.30. The quantitative estimate of drug-likeness (QED) is 0.410. The van der Waals surface area contributed by atoms with Gasteiger partial charge in [-0.3, -0.25) is 9.89 Å². The van der Waals surface area contributed by atoms with Crippen molar-refractivity contribution in [1.29, 1.82) is 0 Å². The fraction of sp³-hybridized carbons (Fsp3) is 0.227. The highest BCUT2D eigenvalue weighted by atomic mass is 35.5. The average Bonchev–Trinajstić information content (AvgIpc) is 3.16. The molecule has 7 nitrogen and oxygen atoms in total. The maximum atomic E-state index is 12.4. The zero-order valence-corrected chi connectivity index (χ0v) is 17.6. The van der Waals surface area contributed by atoms with Gasteiger partial charge in [-0.1, -0.05) is 61.8 Å². The van der Waals surface area contributed by atoms with E-state index in [1.54, 1.807) is 6.07 Å². The van der Waals surface area contributed by atoms with E-state index in [-0.39, 0.29) is 5.56 Å². The molecule has 0 amide bonds. The Kier molecular flexibility index (Phi) is 5.72. The van der Waals surface area contributed by atoms with E-state index < -0.39 is 0 Å². The lowest BCUT2D eigenvalue weighted by atomic mass is 10.0. The van der Waals surface area contributed by atoms with Crippen LogP contribution in [0.25, 0.3) is 5.78 Å². The summed E-state index contributed by atoms with van der Waals surface area (Å²) in [6, 6.07) is 17.3. The topological polar surface area (TPSA) is 87.1 Å². The van der Waals surface area contributed by atoms with Crippen molar-refractivity contribution in [3.05, 3.63) is 86.8 Å². The first kappa shape index (κ1) is 20.0. The van der Waals surface area contributed by atoms with Gasteiger partial charge in [0.15, 0.2) is 0 Å². The van der Waals surface area contributed by atoms with E-state index in [9.17, 15) is 4.79 Å². The summed E-state index contributed by atoms with van der Waals surface area (Å²) in [5, 5.41) is 9.97. The minimum atomic E-state index is -0.224. The van der Waals surface area contributed by atoms with E-state index >= 15 is 0 Å². The Labute approximate surface area is 179 Å². The molecule has 4 aromatic rings. The smallest absolute Gasteiger partial charge is 0.274 e. The molecule has 2 aromatic heterocycles. The molecule has 8 heteroatoms. The maximum absolute atomic E-state index is 12.4. The molecule has 0 aliphatic heterocycles. The molecule has 0 spiro atoms. The molecule has 0 unspecified atom stereocenters. The van der Waals surface area contributed by atoms with E-state index in [4.69, 9.17) is 11.6 Å². The Morgan fingerprint density at radius 3 is 2.53 bits per heavy atom. The Morgan fingerprint density at radius 2 is 1.80 bits per heavy atom. The minimum absolute atomic E-state index is 0.224. The van der Waals surface area contributed by atoms with Crippen molar-refractivity contribution in [3.8, 4) is 0 Å². The van der Waals surface area contributed by atoms with Gasteiger partial charge in [-0.05, 0) is 29.2 Å². The lowest BCUT2D eigenvalue weighted by Gasteiger charge is -2.07. The number of H-pyrrole nitrogens is 1. The molecule has 3 N–H and O–H groups in total. The molecule has 0 saturated heterocycles. The van der Waals surface area contributed by atoms with Crippen molar-refractivity contribution in [2.45, 2.75) is 32.9 Å². The van der Waals surface area contributed by atoms with Gasteiger partial charge in [-0.25, -0.2) is 4.98 Å². The number of halogens is 1. The van der Waals surface area contributed by atoms with Gasteiger partial charge in [0.2, 0.25) is 5.95 Å². The van der Waals surface area contributed by atoms with Crippen LogP contribution in [-0.4, -0.2) is 19.6 Å². The first-order valence-corrected chi connectivity index (χ1v) is 10.2. The van der Waals surface area contributed by atoms with Gasteiger partial charge in [0.1, 0.15) is 0 Å². The van der Waals surface area contributed by atoms with E-state index in [0.717, 1.165) is 11.3 Å². The molecule has 154 valence electrons. The number of nitrogens with zero attached hydrogens (tertiary/aromatic N) is 3. The second-order valence-electron chi connectivity index (χ2n) is 7.38. The van der Waals surface area contributed by atoms with Crippen molar-refractivity contribution in [2.24, 2.45) is 0 Å². The number of rotatable bonds is 7. The first-order valence-electron chi connectivity index (χ1n) is 9.79. The summed E-state index contributed by atoms with van der Waals surface area (Å²) in [5.74, 6) is 1.31. The highest BCUT2D eigenvalue weighted by Gasteiger charge is 2.09. The van der Waals surface area contributed by atoms with Crippen LogP contribution in [0, 0.1) is 0 Å². The second-order valence-corrected chi connectivity index (χ2v) is 7.78. The number of para-hydroxylation sites is 1. The van der Waals surface area contributed by atoms with Crippen molar-refractivity contribution in [3.63, 3.8) is 0 Å². The van der Waals surface area contributed by atoms with Crippen LogP contribution in [-0.2, 0) is 13.1 Å². The van der Waals surface area contributed by atoms with Gasteiger partial charge in [0, 0.05) is 12.6 Å². The number of nitrogens with one attached hydrogen (secondary N) is 3. The van der Waals surface area contributed by atoms with Gasteiger partial charge in [-0.15, -0.1) is 0 Å². The molecule has 0 radical (unpaired) electrons. The molecule has 0 aliphatic rings. The van der Waals surface area contributed by atoms with Gasteiger partial charge in [0.25, 0.3) is 11.3 Å². The number of aromatic amines is 1. The first-order chi connectivity index (χ1) is 14.5. The summed E-state index contributed by atoms with van der Waals surface area (Å²) >= 11 is 6.15. The molecule has 0 saturated carbocycles. The minimum Gasteiger partial charge on any atom is -0.378 e. The van der Waals surface area contributed by atoms with Gasteiger partial charge >= 0.3 is 0 Å². The van der Waals surface area contributed by atoms with Crippen LogP contribution in [0.1, 0.15) is 36.6 Å². The number of fused-ring (bicyclic) bond motifs is 1. The standard InChI is InChI=1S/C22H23ClN6O/c1-14(2)16-9-7-15(8-10-16)12-25-21-27-22-26-17(11-20(30)29(22)28-21)13-24-19-6-4-3-5-18(19)23/h3-11,14,24H,12-13H2,1-2H3,(H2,25,26,27,28). The van der Waals surface area contributed by atoms with Crippen molar-refractivity contribution < 1.29 is 0 Å². The molecular weight excluding hydrogens is 400 g/mol. The predicted octanol–water partition coefficient (Wildman–Crippen LogP) is 4.42. The Hall–Kier alpha value is -3.32. The zero-order chi connectivity index (χ0) is 21.1. The van der Waals surface area contributed by atoms with E-state index in [2.05, 4.69) is 63.8 Å². The zero-order valence-electron chi connectivity index (χ0n) is 16.8. The average molecular weight is 423 g/mol. The van der Waals surface area contributed by atoms with Crippen molar-refractivity contribution in [2.75, 3.05) is 10.6 Å². The Bertz CT molecular complexity index is 1210. The highest BCUT2D eigenvalue weighted by molar-refractivity contribution is 6.33. The molecule has 0 fully saturated rings. The van der Waals surface area contributed by atoms with Crippen LogP contribution in [0.4, 0.5) is 11.6 Å². The third-order valence-electron chi connectivity index (χ3n) is 4.82. The Balaban J connectivity index is 1.46. The maximum Gasteiger partial charge on any atom is 0.274 e. The number of anilines is 2. The van der Waals surface area contributed by atoms with E-state index in [1.807, 2.05) is 18.2 Å². The lowest BCUT2D eigenvalue weighted by molar-refractivity contribution is 0.864. The second kappa shape index (κ2) is 8.59. The monoisotopic (exact) mass is 422 g/mol. The van der Waals surface area contributed by atoms with Gasteiger partial charge in [0.05, 0.1) is 22.9 Å². The van der Waals surface area contributed by atoms with Crippen LogP contribution in [0.3, 0.4) is 0 Å². The van der Waals surface area contributed by atoms with Crippen molar-refractivity contribution >= 4 is 29.0 Å². The third-order valence-corrected chi connectivity index (χ3v) is 5.15. The number of aromatic nitrogens is 4. The third kappa shape index (κ3) is 4.46. The molecule has 4 rings (SSSR count). The van der Waals surface area contributed by atoms with Crippen LogP contribution in [0.15, 0.2) is 59.4 Å². The number of hydrogen-bond donors (Lipinski definition) is 3. The molecule has 0 atom stereocenters.